The number of hydrogen-bond donors (Lipinski definition) is 0. The van der Waals surface area contributed by atoms with Crippen LogP contribution in [0, 0.1) is 0 Å². The molecule has 1 fully saturated rings. The Morgan fingerprint density at radius 1 is 1.17 bits per heavy atom. The monoisotopic (exact) mass is 440 g/mol. The molecule has 1 aromatic carbocycles. The summed E-state index contributed by atoms with van der Waals surface area (Å²) in [7, 11) is 0. The first-order chi connectivity index (χ1) is 14.6. The molecule has 0 unspecified atom stereocenters. The van der Waals surface area contributed by atoms with Crippen LogP contribution in [0.5, 0.6) is 0 Å². The largest absolute Gasteiger partial charge is 0.463 e. The number of benzene rings is 1. The number of ketones is 1. The average molecular weight is 441 g/mol. The van der Waals surface area contributed by atoms with Crippen LogP contribution < -0.4 is 10.5 Å². The third kappa shape index (κ3) is 3.42. The fourth-order valence-electron chi connectivity index (χ4n) is 3.54. The van der Waals surface area contributed by atoms with E-state index in [-0.39, 0.29) is 17.9 Å². The molecule has 1 saturated heterocycles. The number of anilines is 1. The van der Waals surface area contributed by atoms with Crippen LogP contribution in [-0.4, -0.2) is 33.6 Å². The van der Waals surface area contributed by atoms with E-state index in [4.69, 9.17) is 16.0 Å². The lowest BCUT2D eigenvalue weighted by molar-refractivity contribution is 0.0966. The standard InChI is InChI=1S/C21H17ClN4O3S/c22-14-7-5-13(6-8-14)15(27)12-26-20(28)18-19(17(24-26)16-4-3-11-29-16)30-21(23-18)25-9-1-2-10-25/h3-8,11H,1-2,9-10,12H2. The molecule has 0 saturated carbocycles. The van der Waals surface area contributed by atoms with Crippen LogP contribution in [-0.2, 0) is 6.54 Å². The Bertz CT molecular complexity index is 1270. The predicted molar refractivity (Wildman–Crippen MR) is 117 cm³/mol. The summed E-state index contributed by atoms with van der Waals surface area (Å²) in [6, 6.07) is 10.1. The minimum atomic E-state index is -0.385. The first kappa shape index (κ1) is 19.0. The molecule has 0 amide bonds. The Balaban J connectivity index is 1.61. The highest BCUT2D eigenvalue weighted by molar-refractivity contribution is 7.22. The minimum absolute atomic E-state index is 0.194. The van der Waals surface area contributed by atoms with Crippen LogP contribution >= 0.6 is 22.9 Å². The molecule has 0 atom stereocenters. The van der Waals surface area contributed by atoms with Gasteiger partial charge in [0.2, 0.25) is 0 Å². The molecule has 4 heterocycles. The number of rotatable bonds is 5. The Hall–Kier alpha value is -2.97. The fraction of sp³-hybridized carbons (Fsp3) is 0.238. The van der Waals surface area contributed by atoms with Crippen molar-refractivity contribution in [1.29, 1.82) is 0 Å². The predicted octanol–water partition coefficient (Wildman–Crippen LogP) is 4.25. The van der Waals surface area contributed by atoms with Crippen molar-refractivity contribution in [1.82, 2.24) is 14.8 Å². The number of nitrogens with zero attached hydrogens (tertiary/aromatic N) is 4. The van der Waals surface area contributed by atoms with Gasteiger partial charge in [-0.15, -0.1) is 0 Å². The summed E-state index contributed by atoms with van der Waals surface area (Å²) in [5, 5.41) is 5.83. The number of aromatic nitrogens is 3. The normalized spacial score (nSPS) is 14.0. The maximum absolute atomic E-state index is 13.1. The number of furan rings is 1. The van der Waals surface area contributed by atoms with Gasteiger partial charge in [-0.2, -0.15) is 5.10 Å². The van der Waals surface area contributed by atoms with Crippen LogP contribution in [0.2, 0.25) is 5.02 Å². The Kier molecular flexibility index (Phi) is 4.88. The van der Waals surface area contributed by atoms with Crippen molar-refractivity contribution in [2.24, 2.45) is 0 Å². The molecule has 152 valence electrons. The zero-order chi connectivity index (χ0) is 20.7. The number of carbonyl (C=O) groups is 1. The molecular weight excluding hydrogens is 424 g/mol. The maximum Gasteiger partial charge on any atom is 0.294 e. The van der Waals surface area contributed by atoms with Gasteiger partial charge in [0.15, 0.2) is 22.2 Å². The third-order valence-electron chi connectivity index (χ3n) is 5.08. The van der Waals surface area contributed by atoms with E-state index in [1.165, 1.54) is 16.0 Å². The molecule has 0 bridgehead atoms. The molecule has 3 aromatic heterocycles. The molecule has 1 aliphatic heterocycles. The highest BCUT2D eigenvalue weighted by Crippen LogP contribution is 2.35. The molecule has 30 heavy (non-hydrogen) atoms. The maximum atomic E-state index is 13.1. The first-order valence-electron chi connectivity index (χ1n) is 9.59. The highest BCUT2D eigenvalue weighted by atomic mass is 35.5. The summed E-state index contributed by atoms with van der Waals surface area (Å²) in [4.78, 5) is 32.7. The molecule has 0 spiro atoms. The molecule has 4 aromatic rings. The second-order valence-corrected chi connectivity index (χ2v) is 8.50. The van der Waals surface area contributed by atoms with Crippen LogP contribution in [0.25, 0.3) is 21.7 Å². The summed E-state index contributed by atoms with van der Waals surface area (Å²) in [5.74, 6) is 0.297. The quantitative estimate of drug-likeness (QED) is 0.431. The van der Waals surface area contributed by atoms with Crippen molar-refractivity contribution in [3.63, 3.8) is 0 Å². The minimum Gasteiger partial charge on any atom is -0.463 e. The van der Waals surface area contributed by atoms with Crippen molar-refractivity contribution in [3.05, 3.63) is 63.6 Å². The fourth-order valence-corrected chi connectivity index (χ4v) is 4.76. The molecule has 0 radical (unpaired) electrons. The Labute approximate surface area is 180 Å². The van der Waals surface area contributed by atoms with Crippen molar-refractivity contribution in [3.8, 4) is 11.5 Å². The van der Waals surface area contributed by atoms with E-state index in [1.54, 1.807) is 42.7 Å². The summed E-state index contributed by atoms with van der Waals surface area (Å²) < 4.78 is 7.39. The SMILES string of the molecule is O=C(Cn1nc(-c2ccco2)c2sc(N3CCCC3)nc2c1=O)c1ccc(Cl)cc1. The Morgan fingerprint density at radius 3 is 2.63 bits per heavy atom. The first-order valence-corrected chi connectivity index (χ1v) is 10.8. The van der Waals surface area contributed by atoms with Crippen molar-refractivity contribution < 1.29 is 9.21 Å². The van der Waals surface area contributed by atoms with Crippen molar-refractivity contribution in [2.45, 2.75) is 19.4 Å². The molecule has 7 nitrogen and oxygen atoms in total. The number of fused-ring (bicyclic) bond motifs is 1. The number of thiazole rings is 1. The van der Waals surface area contributed by atoms with Gasteiger partial charge in [-0.3, -0.25) is 9.59 Å². The number of carbonyl (C=O) groups excluding carboxylic acids is 1. The number of hydrogen-bond acceptors (Lipinski definition) is 7. The lowest BCUT2D eigenvalue weighted by atomic mass is 10.1. The van der Waals surface area contributed by atoms with Gasteiger partial charge in [0.05, 0.1) is 11.0 Å². The van der Waals surface area contributed by atoms with Gasteiger partial charge in [-0.1, -0.05) is 22.9 Å². The number of halogens is 1. The van der Waals surface area contributed by atoms with Gasteiger partial charge >= 0.3 is 0 Å². The second kappa shape index (κ2) is 7.70. The smallest absolute Gasteiger partial charge is 0.294 e. The van der Waals surface area contributed by atoms with E-state index in [2.05, 4.69) is 15.0 Å². The zero-order valence-electron chi connectivity index (χ0n) is 15.9. The summed E-state index contributed by atoms with van der Waals surface area (Å²) in [6.45, 7) is 1.65. The molecule has 5 rings (SSSR count). The second-order valence-electron chi connectivity index (χ2n) is 7.09. The van der Waals surface area contributed by atoms with Gasteiger partial charge in [0.25, 0.3) is 5.56 Å². The average Bonchev–Trinajstić information content (AvgIpc) is 3.51. The van der Waals surface area contributed by atoms with Crippen LogP contribution in [0.1, 0.15) is 23.2 Å². The van der Waals surface area contributed by atoms with Crippen LogP contribution in [0.3, 0.4) is 0 Å². The molecule has 9 heteroatoms. The summed E-state index contributed by atoms with van der Waals surface area (Å²) in [5.41, 5.74) is 0.904. The van der Waals surface area contributed by atoms with Crippen molar-refractivity contribution in [2.75, 3.05) is 18.0 Å². The van der Waals surface area contributed by atoms with E-state index in [0.717, 1.165) is 31.1 Å². The van der Waals surface area contributed by atoms with Gasteiger partial charge in [0, 0.05) is 23.7 Å². The zero-order valence-corrected chi connectivity index (χ0v) is 17.4. The molecular formula is C21H17ClN4O3S. The van der Waals surface area contributed by atoms with Crippen LogP contribution in [0.15, 0.2) is 51.9 Å². The van der Waals surface area contributed by atoms with E-state index in [1.807, 2.05) is 0 Å². The van der Waals surface area contributed by atoms with E-state index >= 15 is 0 Å². The van der Waals surface area contributed by atoms with E-state index in [0.29, 0.717) is 32.3 Å². The highest BCUT2D eigenvalue weighted by Gasteiger charge is 2.23. The van der Waals surface area contributed by atoms with Crippen molar-refractivity contribution >= 4 is 44.1 Å². The van der Waals surface area contributed by atoms with E-state index in [9.17, 15) is 9.59 Å². The summed E-state index contributed by atoms with van der Waals surface area (Å²) in [6.07, 6.45) is 3.78. The van der Waals surface area contributed by atoms with Gasteiger partial charge in [0.1, 0.15) is 12.2 Å². The van der Waals surface area contributed by atoms with Crippen LogP contribution in [0.4, 0.5) is 5.13 Å². The third-order valence-corrected chi connectivity index (χ3v) is 6.45. The molecule has 0 N–H and O–H groups in total. The van der Waals surface area contributed by atoms with Gasteiger partial charge in [-0.25, -0.2) is 9.67 Å². The lowest BCUT2D eigenvalue weighted by Crippen LogP contribution is -2.27. The topological polar surface area (TPSA) is 81.2 Å². The number of Topliss-reactive ketones (excluding diaryl/α,β-unsaturated/α-hetero) is 1. The van der Waals surface area contributed by atoms with E-state index < -0.39 is 0 Å². The van der Waals surface area contributed by atoms with Gasteiger partial charge in [-0.05, 0) is 49.2 Å². The van der Waals surface area contributed by atoms with Gasteiger partial charge < -0.3 is 9.32 Å². The summed E-state index contributed by atoms with van der Waals surface area (Å²) >= 11 is 7.34. The lowest BCUT2D eigenvalue weighted by Gasteiger charge is -2.11. The Morgan fingerprint density at radius 2 is 1.93 bits per heavy atom. The molecule has 0 aliphatic carbocycles. The molecule has 1 aliphatic rings.